The highest BCUT2D eigenvalue weighted by Gasteiger charge is 2.29. The largest absolute Gasteiger partial charge is 0.508 e. The molecular formula is C12H16O6. The van der Waals surface area contributed by atoms with Crippen LogP contribution in [0.4, 0.5) is 0 Å². The van der Waals surface area contributed by atoms with Crippen molar-refractivity contribution in [1.29, 1.82) is 0 Å². The van der Waals surface area contributed by atoms with E-state index >= 15 is 0 Å². The van der Waals surface area contributed by atoms with Crippen LogP contribution in [0.2, 0.25) is 0 Å². The predicted molar refractivity (Wildman–Crippen MR) is 62.3 cm³/mol. The van der Waals surface area contributed by atoms with E-state index in [0.717, 1.165) is 0 Å². The van der Waals surface area contributed by atoms with Gasteiger partial charge in [0.25, 0.3) is 0 Å². The number of benzene rings is 1. The first-order valence-corrected chi connectivity index (χ1v) is 5.41. The van der Waals surface area contributed by atoms with E-state index in [9.17, 15) is 20.1 Å². The van der Waals surface area contributed by atoms with E-state index in [1.165, 1.54) is 25.3 Å². The van der Waals surface area contributed by atoms with Gasteiger partial charge in [-0.1, -0.05) is 0 Å². The van der Waals surface area contributed by atoms with Gasteiger partial charge in [-0.15, -0.1) is 0 Å². The van der Waals surface area contributed by atoms with Crippen molar-refractivity contribution in [3.05, 3.63) is 23.8 Å². The normalized spacial score (nSPS) is 13.8. The van der Waals surface area contributed by atoms with Gasteiger partial charge < -0.3 is 24.8 Å². The molecule has 0 heterocycles. The molecule has 0 aliphatic heterocycles. The van der Waals surface area contributed by atoms with Gasteiger partial charge in [0, 0.05) is 5.56 Å². The number of rotatable bonds is 5. The minimum Gasteiger partial charge on any atom is -0.508 e. The van der Waals surface area contributed by atoms with Crippen molar-refractivity contribution in [3.63, 3.8) is 0 Å². The molecule has 0 aliphatic rings. The minimum absolute atomic E-state index is 0.0970. The van der Waals surface area contributed by atoms with Gasteiger partial charge in [-0.25, -0.2) is 4.79 Å². The lowest BCUT2D eigenvalue weighted by Crippen LogP contribution is -2.30. The fourth-order valence-electron chi connectivity index (χ4n) is 1.48. The third-order valence-corrected chi connectivity index (χ3v) is 2.36. The van der Waals surface area contributed by atoms with Gasteiger partial charge >= 0.3 is 5.97 Å². The van der Waals surface area contributed by atoms with Crippen LogP contribution in [-0.2, 0) is 9.53 Å². The maximum absolute atomic E-state index is 11.3. The van der Waals surface area contributed by atoms with E-state index in [1.54, 1.807) is 6.92 Å². The monoisotopic (exact) mass is 256 g/mol. The number of phenolic OH excluding ortho intramolecular Hbond substituents is 1. The SMILES string of the molecule is CCOC(=O)C(O)C(O)c1cc(O)ccc1OC. The van der Waals surface area contributed by atoms with Crippen LogP contribution in [0.5, 0.6) is 11.5 Å². The summed E-state index contributed by atoms with van der Waals surface area (Å²) in [6.07, 6.45) is -3.27. The van der Waals surface area contributed by atoms with E-state index < -0.39 is 18.2 Å². The molecule has 6 nitrogen and oxygen atoms in total. The summed E-state index contributed by atoms with van der Waals surface area (Å²) in [6.45, 7) is 1.69. The fraction of sp³-hybridized carbons (Fsp3) is 0.417. The number of hydrogen-bond acceptors (Lipinski definition) is 6. The first-order valence-electron chi connectivity index (χ1n) is 5.41. The Kier molecular flexibility index (Phi) is 4.94. The van der Waals surface area contributed by atoms with E-state index in [2.05, 4.69) is 4.74 Å². The molecule has 1 aromatic carbocycles. The lowest BCUT2D eigenvalue weighted by molar-refractivity contribution is -0.159. The fourth-order valence-corrected chi connectivity index (χ4v) is 1.48. The van der Waals surface area contributed by atoms with Crippen LogP contribution in [0.3, 0.4) is 0 Å². The summed E-state index contributed by atoms with van der Waals surface area (Å²) >= 11 is 0. The molecule has 0 saturated heterocycles. The van der Waals surface area contributed by atoms with Crippen molar-refractivity contribution >= 4 is 5.97 Å². The lowest BCUT2D eigenvalue weighted by Gasteiger charge is -2.19. The summed E-state index contributed by atoms with van der Waals surface area (Å²) in [5.41, 5.74) is 0.109. The molecule has 0 spiro atoms. The van der Waals surface area contributed by atoms with Crippen molar-refractivity contribution in [2.45, 2.75) is 19.1 Å². The second-order valence-electron chi connectivity index (χ2n) is 3.57. The number of aliphatic hydroxyl groups is 2. The van der Waals surface area contributed by atoms with Crippen LogP contribution in [0, 0.1) is 0 Å². The number of aliphatic hydroxyl groups excluding tert-OH is 2. The highest BCUT2D eigenvalue weighted by atomic mass is 16.5. The lowest BCUT2D eigenvalue weighted by atomic mass is 10.0. The van der Waals surface area contributed by atoms with Crippen LogP contribution in [0.1, 0.15) is 18.6 Å². The Balaban J connectivity index is 2.98. The molecule has 2 atom stereocenters. The summed E-state index contributed by atoms with van der Waals surface area (Å²) in [4.78, 5) is 11.3. The highest BCUT2D eigenvalue weighted by Crippen LogP contribution is 2.30. The van der Waals surface area contributed by atoms with E-state index in [4.69, 9.17) is 4.74 Å². The molecule has 0 fully saturated rings. The first-order chi connectivity index (χ1) is 8.51. The Hall–Kier alpha value is -1.79. The zero-order valence-corrected chi connectivity index (χ0v) is 10.2. The second kappa shape index (κ2) is 6.23. The number of carbonyl (C=O) groups excluding carboxylic acids is 1. The van der Waals surface area contributed by atoms with Gasteiger partial charge in [-0.05, 0) is 25.1 Å². The topological polar surface area (TPSA) is 96.2 Å². The molecule has 2 unspecified atom stereocenters. The van der Waals surface area contributed by atoms with Gasteiger partial charge in [0.15, 0.2) is 6.10 Å². The van der Waals surface area contributed by atoms with Crippen molar-refractivity contribution in [1.82, 2.24) is 0 Å². The van der Waals surface area contributed by atoms with E-state index in [-0.39, 0.29) is 23.7 Å². The molecule has 100 valence electrons. The number of esters is 1. The first kappa shape index (κ1) is 14.3. The zero-order valence-electron chi connectivity index (χ0n) is 10.2. The Bertz CT molecular complexity index is 417. The second-order valence-corrected chi connectivity index (χ2v) is 3.57. The third-order valence-electron chi connectivity index (χ3n) is 2.36. The van der Waals surface area contributed by atoms with Gasteiger partial charge in [-0.3, -0.25) is 0 Å². The summed E-state index contributed by atoms with van der Waals surface area (Å²) in [5.74, 6) is -0.792. The summed E-state index contributed by atoms with van der Waals surface area (Å²) in [5, 5.41) is 28.8. The van der Waals surface area contributed by atoms with Gasteiger partial charge in [0.1, 0.15) is 17.6 Å². The molecule has 0 saturated carbocycles. The van der Waals surface area contributed by atoms with Crippen LogP contribution in [0.15, 0.2) is 18.2 Å². The number of methoxy groups -OCH3 is 1. The van der Waals surface area contributed by atoms with Crippen LogP contribution in [-0.4, -0.2) is 41.1 Å². The van der Waals surface area contributed by atoms with Crippen molar-refractivity contribution in [2.24, 2.45) is 0 Å². The quantitative estimate of drug-likeness (QED) is 0.658. The smallest absolute Gasteiger partial charge is 0.338 e. The third kappa shape index (κ3) is 3.12. The molecule has 0 radical (unpaired) electrons. The molecular weight excluding hydrogens is 240 g/mol. The van der Waals surface area contributed by atoms with Crippen LogP contribution >= 0.6 is 0 Å². The minimum atomic E-state index is -1.74. The average Bonchev–Trinajstić information content (AvgIpc) is 2.37. The zero-order chi connectivity index (χ0) is 13.7. The molecule has 6 heteroatoms. The van der Waals surface area contributed by atoms with Gasteiger partial charge in [0.2, 0.25) is 0 Å². The molecule has 3 N–H and O–H groups in total. The molecule has 0 aromatic heterocycles. The summed E-state index contributed by atoms with van der Waals surface area (Å²) in [6, 6.07) is 4.00. The average molecular weight is 256 g/mol. The molecule has 18 heavy (non-hydrogen) atoms. The van der Waals surface area contributed by atoms with Crippen LogP contribution < -0.4 is 4.74 Å². The van der Waals surface area contributed by atoms with Crippen molar-refractivity contribution in [3.8, 4) is 11.5 Å². The maximum Gasteiger partial charge on any atom is 0.338 e. The van der Waals surface area contributed by atoms with Gasteiger partial charge in [0.05, 0.1) is 13.7 Å². The van der Waals surface area contributed by atoms with Gasteiger partial charge in [-0.2, -0.15) is 0 Å². The number of hydrogen-bond donors (Lipinski definition) is 3. The van der Waals surface area contributed by atoms with Crippen molar-refractivity contribution in [2.75, 3.05) is 13.7 Å². The van der Waals surface area contributed by atoms with Crippen LogP contribution in [0.25, 0.3) is 0 Å². The number of phenols is 1. The van der Waals surface area contributed by atoms with E-state index in [1.807, 2.05) is 0 Å². The molecule has 1 aromatic rings. The number of ether oxygens (including phenoxy) is 2. The Morgan fingerprint density at radius 1 is 1.39 bits per heavy atom. The van der Waals surface area contributed by atoms with E-state index in [0.29, 0.717) is 0 Å². The molecule has 0 aliphatic carbocycles. The van der Waals surface area contributed by atoms with Crippen molar-refractivity contribution < 1.29 is 29.6 Å². The maximum atomic E-state index is 11.3. The highest BCUT2D eigenvalue weighted by molar-refractivity contribution is 5.75. The molecule has 0 amide bonds. The summed E-state index contributed by atoms with van der Waals surface area (Å²) in [7, 11) is 1.37. The Labute approximate surface area is 104 Å². The summed E-state index contributed by atoms with van der Waals surface area (Å²) < 4.78 is 9.57. The standard InChI is InChI=1S/C12H16O6/c1-3-18-12(16)11(15)10(14)8-6-7(13)4-5-9(8)17-2/h4-6,10-11,13-15H,3H2,1-2H3. The number of carbonyl (C=O) groups is 1. The number of aromatic hydroxyl groups is 1. The Morgan fingerprint density at radius 3 is 2.61 bits per heavy atom. The predicted octanol–water partition coefficient (Wildman–Crippen LogP) is 0.358. The Morgan fingerprint density at radius 2 is 2.06 bits per heavy atom. The molecule has 1 rings (SSSR count). The molecule has 0 bridgehead atoms.